The Morgan fingerprint density at radius 1 is 1.35 bits per heavy atom. The van der Waals surface area contributed by atoms with E-state index in [0.717, 1.165) is 25.9 Å². The van der Waals surface area contributed by atoms with Crippen LogP contribution in [-0.2, 0) is 14.8 Å². The summed E-state index contributed by atoms with van der Waals surface area (Å²) in [4.78, 5) is 2.32. The molecule has 118 valence electrons. The van der Waals surface area contributed by atoms with Crippen LogP contribution in [0.25, 0.3) is 0 Å². The van der Waals surface area contributed by atoms with E-state index in [0.29, 0.717) is 31.7 Å². The normalized spacial score (nSPS) is 34.2. The second-order valence-electron chi connectivity index (χ2n) is 6.07. The van der Waals surface area contributed by atoms with Gasteiger partial charge < -0.3 is 9.84 Å². The predicted molar refractivity (Wildman–Crippen MR) is 77.0 cm³/mol. The molecule has 0 aromatic heterocycles. The van der Waals surface area contributed by atoms with Gasteiger partial charge in [-0.25, -0.2) is 12.7 Å². The maximum Gasteiger partial charge on any atom is 0.211 e. The molecule has 0 aromatic rings. The zero-order valence-corrected chi connectivity index (χ0v) is 13.2. The van der Waals surface area contributed by atoms with Crippen molar-refractivity contribution >= 4 is 10.0 Å². The van der Waals surface area contributed by atoms with Crippen LogP contribution in [0.15, 0.2) is 0 Å². The molecule has 20 heavy (non-hydrogen) atoms. The molecule has 2 heterocycles. The summed E-state index contributed by atoms with van der Waals surface area (Å²) in [5.74, 6) is 0.373. The Kier molecular flexibility index (Phi) is 5.42. The van der Waals surface area contributed by atoms with E-state index >= 15 is 0 Å². The minimum absolute atomic E-state index is 0.0450. The molecule has 1 N–H and O–H groups in total. The van der Waals surface area contributed by atoms with Gasteiger partial charge >= 0.3 is 0 Å². The van der Waals surface area contributed by atoms with Crippen LogP contribution >= 0.6 is 0 Å². The maximum atomic E-state index is 11.6. The van der Waals surface area contributed by atoms with E-state index in [4.69, 9.17) is 4.74 Å². The number of nitrogens with zero attached hydrogens (tertiary/aromatic N) is 2. The molecule has 0 saturated carbocycles. The third kappa shape index (κ3) is 4.14. The third-order valence-corrected chi connectivity index (χ3v) is 5.55. The van der Waals surface area contributed by atoms with Crippen LogP contribution in [-0.4, -0.2) is 80.5 Å². The molecule has 7 heteroatoms. The van der Waals surface area contributed by atoms with Crippen LogP contribution in [0, 0.1) is 5.92 Å². The molecule has 0 bridgehead atoms. The lowest BCUT2D eigenvalue weighted by molar-refractivity contribution is -0.0827. The van der Waals surface area contributed by atoms with Gasteiger partial charge in [0.15, 0.2) is 0 Å². The highest BCUT2D eigenvalue weighted by Crippen LogP contribution is 2.22. The molecule has 0 radical (unpaired) electrons. The number of aliphatic hydroxyl groups excluding tert-OH is 1. The van der Waals surface area contributed by atoms with Gasteiger partial charge in [-0.2, -0.15) is 0 Å². The highest BCUT2D eigenvalue weighted by atomic mass is 32.2. The Balaban J connectivity index is 1.91. The zero-order valence-electron chi connectivity index (χ0n) is 12.4. The van der Waals surface area contributed by atoms with Gasteiger partial charge in [0.2, 0.25) is 10.0 Å². The molecule has 2 aliphatic rings. The number of aliphatic hydroxyl groups is 1. The Bertz CT molecular complexity index is 415. The van der Waals surface area contributed by atoms with Crippen LogP contribution < -0.4 is 0 Å². The van der Waals surface area contributed by atoms with Crippen LogP contribution in [0.5, 0.6) is 0 Å². The van der Waals surface area contributed by atoms with Crippen molar-refractivity contribution in [3.05, 3.63) is 0 Å². The fourth-order valence-corrected chi connectivity index (χ4v) is 3.99. The molecule has 0 aliphatic carbocycles. The van der Waals surface area contributed by atoms with E-state index in [1.807, 2.05) is 0 Å². The molecule has 3 unspecified atom stereocenters. The topological polar surface area (TPSA) is 70.1 Å². The summed E-state index contributed by atoms with van der Waals surface area (Å²) in [5.41, 5.74) is 0. The highest BCUT2D eigenvalue weighted by molar-refractivity contribution is 7.88. The maximum absolute atomic E-state index is 11.6. The molecule has 0 spiro atoms. The molecular formula is C13H26N2O4S. The second kappa shape index (κ2) is 6.70. The van der Waals surface area contributed by atoms with Crippen molar-refractivity contribution in [1.82, 2.24) is 9.21 Å². The van der Waals surface area contributed by atoms with Gasteiger partial charge in [0.1, 0.15) is 0 Å². The summed E-state index contributed by atoms with van der Waals surface area (Å²) < 4.78 is 30.4. The van der Waals surface area contributed by atoms with Gasteiger partial charge in [0, 0.05) is 32.2 Å². The lowest BCUT2D eigenvalue weighted by Gasteiger charge is -2.41. The van der Waals surface area contributed by atoms with E-state index < -0.39 is 10.0 Å². The highest BCUT2D eigenvalue weighted by Gasteiger charge is 2.31. The first kappa shape index (κ1) is 16.2. The molecule has 2 rings (SSSR count). The van der Waals surface area contributed by atoms with Crippen LogP contribution in [0.2, 0.25) is 0 Å². The van der Waals surface area contributed by atoms with Gasteiger partial charge in [0.05, 0.1) is 25.6 Å². The minimum atomic E-state index is -3.08. The molecule has 2 aliphatic heterocycles. The van der Waals surface area contributed by atoms with Gasteiger partial charge in [0.25, 0.3) is 0 Å². The van der Waals surface area contributed by atoms with Crippen molar-refractivity contribution in [2.24, 2.45) is 5.92 Å². The largest absolute Gasteiger partial charge is 0.394 e. The predicted octanol–water partition coefficient (Wildman–Crippen LogP) is -0.260. The molecule has 2 saturated heterocycles. The van der Waals surface area contributed by atoms with E-state index in [-0.39, 0.29) is 12.7 Å². The number of piperidine rings is 1. The van der Waals surface area contributed by atoms with Crippen LogP contribution in [0.3, 0.4) is 0 Å². The summed E-state index contributed by atoms with van der Waals surface area (Å²) >= 11 is 0. The van der Waals surface area contributed by atoms with Crippen molar-refractivity contribution in [2.75, 3.05) is 45.6 Å². The van der Waals surface area contributed by atoms with Gasteiger partial charge in [-0.05, 0) is 25.7 Å². The zero-order chi connectivity index (χ0) is 14.8. The fraction of sp³-hybridized carbons (Fsp3) is 1.00. The Labute approximate surface area is 121 Å². The number of ether oxygens (including phenoxy) is 1. The lowest BCUT2D eigenvalue weighted by atomic mass is 9.98. The van der Waals surface area contributed by atoms with Gasteiger partial charge in [-0.3, -0.25) is 4.90 Å². The average molecular weight is 306 g/mol. The van der Waals surface area contributed by atoms with Crippen molar-refractivity contribution in [3.8, 4) is 0 Å². The van der Waals surface area contributed by atoms with E-state index in [2.05, 4.69) is 11.8 Å². The average Bonchev–Trinajstić information content (AvgIpc) is 2.41. The summed E-state index contributed by atoms with van der Waals surface area (Å²) in [7, 11) is -3.08. The monoisotopic (exact) mass is 306 g/mol. The fourth-order valence-electron chi connectivity index (χ4n) is 3.05. The molecular weight excluding hydrogens is 280 g/mol. The first-order chi connectivity index (χ1) is 9.40. The van der Waals surface area contributed by atoms with E-state index in [9.17, 15) is 13.5 Å². The quantitative estimate of drug-likeness (QED) is 0.775. The minimum Gasteiger partial charge on any atom is -0.394 e. The molecule has 6 nitrogen and oxygen atoms in total. The Hall–Kier alpha value is -0.210. The molecule has 0 aromatic carbocycles. The van der Waals surface area contributed by atoms with Crippen LogP contribution in [0.1, 0.15) is 19.8 Å². The Morgan fingerprint density at radius 3 is 2.75 bits per heavy atom. The van der Waals surface area contributed by atoms with Crippen molar-refractivity contribution in [2.45, 2.75) is 31.9 Å². The summed E-state index contributed by atoms with van der Waals surface area (Å²) in [5, 5.41) is 9.21. The summed E-state index contributed by atoms with van der Waals surface area (Å²) in [6, 6.07) is 0.325. The second-order valence-corrected chi connectivity index (χ2v) is 8.05. The number of rotatable bonds is 4. The molecule has 0 amide bonds. The van der Waals surface area contributed by atoms with Crippen LogP contribution in [0.4, 0.5) is 0 Å². The van der Waals surface area contributed by atoms with E-state index in [1.165, 1.54) is 6.26 Å². The first-order valence-corrected chi connectivity index (χ1v) is 9.16. The van der Waals surface area contributed by atoms with Crippen molar-refractivity contribution in [3.63, 3.8) is 0 Å². The summed E-state index contributed by atoms with van der Waals surface area (Å²) in [6.45, 7) is 5.67. The number of hydrogen-bond donors (Lipinski definition) is 1. The lowest BCUT2D eigenvalue weighted by Crippen LogP contribution is -2.52. The van der Waals surface area contributed by atoms with Crippen molar-refractivity contribution in [1.29, 1.82) is 0 Å². The van der Waals surface area contributed by atoms with Crippen molar-refractivity contribution < 1.29 is 18.3 Å². The smallest absolute Gasteiger partial charge is 0.211 e. The van der Waals surface area contributed by atoms with Gasteiger partial charge in [-0.1, -0.05) is 0 Å². The first-order valence-electron chi connectivity index (χ1n) is 7.31. The SMILES string of the molecule is CC1COC(CO)CN1CC1CCCN(S(C)(=O)=O)C1. The number of morpholine rings is 1. The standard InChI is InChI=1S/C13H26N2O4S/c1-11-10-19-13(9-16)8-14(11)6-12-4-3-5-15(7-12)20(2,17)18/h11-13,16H,3-10H2,1-2H3. The van der Waals surface area contributed by atoms with Gasteiger partial charge in [-0.15, -0.1) is 0 Å². The summed E-state index contributed by atoms with van der Waals surface area (Å²) in [6.07, 6.45) is 3.18. The Morgan fingerprint density at radius 2 is 2.10 bits per heavy atom. The number of hydrogen-bond acceptors (Lipinski definition) is 5. The molecule has 2 fully saturated rings. The molecule has 3 atom stereocenters. The number of sulfonamides is 1. The van der Waals surface area contributed by atoms with E-state index in [1.54, 1.807) is 4.31 Å². The third-order valence-electron chi connectivity index (χ3n) is 4.28.